The van der Waals surface area contributed by atoms with Crippen molar-refractivity contribution in [3.63, 3.8) is 0 Å². The second-order valence-corrected chi connectivity index (χ2v) is 6.04. The van der Waals surface area contributed by atoms with E-state index in [1.165, 1.54) is 37.0 Å². The van der Waals surface area contributed by atoms with Crippen molar-refractivity contribution < 1.29 is 0 Å². The minimum Gasteiger partial charge on any atom is -0.309 e. The smallest absolute Gasteiger partial charge is 0.0417 e. The fraction of sp³-hybridized carbons (Fsp3) is 0.714. The van der Waals surface area contributed by atoms with E-state index >= 15 is 0 Å². The van der Waals surface area contributed by atoms with Crippen molar-refractivity contribution in [1.29, 1.82) is 0 Å². The molecule has 1 aromatic rings. The van der Waals surface area contributed by atoms with Crippen molar-refractivity contribution in [1.82, 2.24) is 5.32 Å². The van der Waals surface area contributed by atoms with Crippen molar-refractivity contribution >= 4 is 11.3 Å². The van der Waals surface area contributed by atoms with Crippen molar-refractivity contribution in [2.45, 2.75) is 52.0 Å². The topological polar surface area (TPSA) is 12.0 Å². The Labute approximate surface area is 103 Å². The normalized spacial score (nSPS) is 17.6. The van der Waals surface area contributed by atoms with Crippen molar-refractivity contribution in [3.8, 4) is 0 Å². The molecule has 1 saturated carbocycles. The quantitative estimate of drug-likeness (QED) is 0.751. The summed E-state index contributed by atoms with van der Waals surface area (Å²) < 4.78 is 0. The van der Waals surface area contributed by atoms with Gasteiger partial charge in [0.05, 0.1) is 0 Å². The van der Waals surface area contributed by atoms with Gasteiger partial charge in [0, 0.05) is 15.8 Å². The van der Waals surface area contributed by atoms with E-state index < -0.39 is 0 Å². The highest BCUT2D eigenvalue weighted by atomic mass is 32.1. The van der Waals surface area contributed by atoms with Crippen molar-refractivity contribution in [2.75, 3.05) is 6.54 Å². The molecule has 0 spiro atoms. The van der Waals surface area contributed by atoms with Gasteiger partial charge in [-0.2, -0.15) is 0 Å². The molecule has 0 aromatic carbocycles. The summed E-state index contributed by atoms with van der Waals surface area (Å²) in [5, 5.41) is 3.70. The fourth-order valence-electron chi connectivity index (χ4n) is 2.08. The first-order chi connectivity index (χ1) is 7.83. The standard InChI is InChI=1S/C14H23NS/c1-3-9-15-13(10-11-5-6-11)14-8-7-12(4-2)16-14/h7-8,11,13,15H,3-6,9-10H2,1-2H3. The molecule has 1 N–H and O–H groups in total. The predicted molar refractivity (Wildman–Crippen MR) is 72.1 cm³/mol. The third kappa shape index (κ3) is 3.33. The Bertz CT molecular complexity index is 314. The van der Waals surface area contributed by atoms with Gasteiger partial charge >= 0.3 is 0 Å². The molecule has 1 aliphatic rings. The number of hydrogen-bond donors (Lipinski definition) is 1. The molecule has 0 radical (unpaired) electrons. The molecular formula is C14H23NS. The van der Waals surface area contributed by atoms with E-state index in [-0.39, 0.29) is 0 Å². The van der Waals surface area contributed by atoms with Gasteiger partial charge in [-0.15, -0.1) is 11.3 Å². The number of nitrogens with one attached hydrogen (secondary N) is 1. The Balaban J connectivity index is 1.97. The predicted octanol–water partition coefficient (Wildman–Crippen LogP) is 4.15. The number of thiophene rings is 1. The van der Waals surface area contributed by atoms with Crippen LogP contribution in [0.1, 0.15) is 55.3 Å². The third-order valence-corrected chi connectivity index (χ3v) is 4.62. The van der Waals surface area contributed by atoms with E-state index in [1.807, 2.05) is 11.3 Å². The molecule has 90 valence electrons. The van der Waals surface area contributed by atoms with Gasteiger partial charge in [0.15, 0.2) is 0 Å². The van der Waals surface area contributed by atoms with Crippen molar-refractivity contribution in [2.24, 2.45) is 5.92 Å². The molecule has 1 aromatic heterocycles. The number of hydrogen-bond acceptors (Lipinski definition) is 2. The molecule has 2 rings (SSSR count). The summed E-state index contributed by atoms with van der Waals surface area (Å²) in [7, 11) is 0. The molecule has 0 aliphatic heterocycles. The molecule has 0 amide bonds. The summed E-state index contributed by atoms with van der Waals surface area (Å²) in [6.45, 7) is 5.63. The van der Waals surface area contributed by atoms with Gasteiger partial charge in [-0.05, 0) is 43.9 Å². The fourth-order valence-corrected chi connectivity index (χ4v) is 3.12. The average molecular weight is 237 g/mol. The van der Waals surface area contributed by atoms with Crippen LogP contribution in [0.3, 0.4) is 0 Å². The minimum absolute atomic E-state index is 0.623. The minimum atomic E-state index is 0.623. The SMILES string of the molecule is CCCNC(CC1CC1)c1ccc(CC)s1. The maximum absolute atomic E-state index is 3.70. The highest BCUT2D eigenvalue weighted by Gasteiger charge is 2.26. The summed E-state index contributed by atoms with van der Waals surface area (Å²) in [6.07, 6.45) is 6.66. The van der Waals surface area contributed by atoms with Crippen LogP contribution in [0.25, 0.3) is 0 Å². The summed E-state index contributed by atoms with van der Waals surface area (Å²) in [5.74, 6) is 1.00. The van der Waals surface area contributed by atoms with Gasteiger partial charge in [0.25, 0.3) is 0 Å². The van der Waals surface area contributed by atoms with Gasteiger partial charge in [0.2, 0.25) is 0 Å². The molecule has 16 heavy (non-hydrogen) atoms. The maximum Gasteiger partial charge on any atom is 0.0417 e. The van der Waals surface area contributed by atoms with Crippen LogP contribution >= 0.6 is 11.3 Å². The average Bonchev–Trinajstić information content (AvgIpc) is 2.99. The Kier molecular flexibility index (Phi) is 4.42. The van der Waals surface area contributed by atoms with E-state index in [4.69, 9.17) is 0 Å². The monoisotopic (exact) mass is 237 g/mol. The van der Waals surface area contributed by atoms with Crippen LogP contribution in [0.5, 0.6) is 0 Å². The lowest BCUT2D eigenvalue weighted by Gasteiger charge is -2.16. The molecule has 0 bridgehead atoms. The van der Waals surface area contributed by atoms with E-state index in [9.17, 15) is 0 Å². The van der Waals surface area contributed by atoms with Gasteiger partial charge < -0.3 is 5.32 Å². The zero-order valence-electron chi connectivity index (χ0n) is 10.5. The molecule has 1 unspecified atom stereocenters. The second kappa shape index (κ2) is 5.83. The summed E-state index contributed by atoms with van der Waals surface area (Å²) in [6, 6.07) is 5.25. The third-order valence-electron chi connectivity index (χ3n) is 3.28. The summed E-state index contributed by atoms with van der Waals surface area (Å²) in [4.78, 5) is 3.08. The molecule has 0 saturated heterocycles. The van der Waals surface area contributed by atoms with Gasteiger partial charge in [-0.3, -0.25) is 0 Å². The number of rotatable bonds is 7. The van der Waals surface area contributed by atoms with Crippen LogP contribution < -0.4 is 5.32 Å². The van der Waals surface area contributed by atoms with Crippen LogP contribution in [-0.4, -0.2) is 6.54 Å². The van der Waals surface area contributed by atoms with Crippen LogP contribution in [0.4, 0.5) is 0 Å². The molecule has 1 atom stereocenters. The van der Waals surface area contributed by atoms with Crippen LogP contribution in [0, 0.1) is 5.92 Å². The molecule has 1 heterocycles. The first-order valence-corrected chi connectivity index (χ1v) is 7.47. The molecule has 1 nitrogen and oxygen atoms in total. The lowest BCUT2D eigenvalue weighted by Crippen LogP contribution is -2.21. The van der Waals surface area contributed by atoms with Gasteiger partial charge in [0.1, 0.15) is 0 Å². The Hall–Kier alpha value is -0.340. The first-order valence-electron chi connectivity index (χ1n) is 6.65. The highest BCUT2D eigenvalue weighted by molar-refractivity contribution is 7.12. The molecular weight excluding hydrogens is 214 g/mol. The lowest BCUT2D eigenvalue weighted by atomic mass is 10.1. The summed E-state index contributed by atoms with van der Waals surface area (Å²) >= 11 is 2.00. The van der Waals surface area contributed by atoms with Crippen LogP contribution in [0.15, 0.2) is 12.1 Å². The van der Waals surface area contributed by atoms with Gasteiger partial charge in [-0.25, -0.2) is 0 Å². The zero-order chi connectivity index (χ0) is 11.4. The molecule has 2 heteroatoms. The van der Waals surface area contributed by atoms with Crippen LogP contribution in [-0.2, 0) is 6.42 Å². The van der Waals surface area contributed by atoms with Crippen molar-refractivity contribution in [3.05, 3.63) is 21.9 Å². The van der Waals surface area contributed by atoms with E-state index in [2.05, 4.69) is 31.3 Å². The van der Waals surface area contributed by atoms with Gasteiger partial charge in [-0.1, -0.05) is 26.7 Å². The lowest BCUT2D eigenvalue weighted by molar-refractivity contribution is 0.480. The summed E-state index contributed by atoms with van der Waals surface area (Å²) in [5.41, 5.74) is 0. The highest BCUT2D eigenvalue weighted by Crippen LogP contribution is 2.39. The number of aryl methyl sites for hydroxylation is 1. The zero-order valence-corrected chi connectivity index (χ0v) is 11.3. The molecule has 1 aliphatic carbocycles. The first kappa shape index (κ1) is 12.1. The van der Waals surface area contributed by atoms with E-state index in [0.717, 1.165) is 12.5 Å². The van der Waals surface area contributed by atoms with Crippen LogP contribution in [0.2, 0.25) is 0 Å². The Morgan fingerprint density at radius 3 is 2.75 bits per heavy atom. The molecule has 1 fully saturated rings. The largest absolute Gasteiger partial charge is 0.309 e. The van der Waals surface area contributed by atoms with E-state index in [0.29, 0.717) is 6.04 Å². The van der Waals surface area contributed by atoms with E-state index in [1.54, 1.807) is 4.88 Å². The second-order valence-electron chi connectivity index (χ2n) is 4.84. The Morgan fingerprint density at radius 1 is 1.38 bits per heavy atom. The Morgan fingerprint density at radius 2 is 2.19 bits per heavy atom. The maximum atomic E-state index is 3.70.